The summed E-state index contributed by atoms with van der Waals surface area (Å²) in [5.74, 6) is -1.71. The van der Waals surface area contributed by atoms with Crippen molar-refractivity contribution in [2.45, 2.75) is 0 Å². The maximum Gasteiger partial charge on any atom is 0.159 e. The third-order valence-corrected chi connectivity index (χ3v) is 3.49. The Morgan fingerprint density at radius 2 is 1.67 bits per heavy atom. The molecule has 0 saturated heterocycles. The summed E-state index contributed by atoms with van der Waals surface area (Å²) in [6.07, 6.45) is 0. The summed E-state index contributed by atoms with van der Waals surface area (Å²) < 4.78 is 26.9. The average molecular weight is 308 g/mol. The second kappa shape index (κ2) is 4.21. The van der Waals surface area contributed by atoms with Crippen molar-refractivity contribution in [3.8, 4) is 11.3 Å². The summed E-state index contributed by atoms with van der Waals surface area (Å²) in [7, 11) is 0. The van der Waals surface area contributed by atoms with Crippen LogP contribution in [0.15, 0.2) is 46.9 Å². The highest BCUT2D eigenvalue weighted by atomic mass is 79.9. The lowest BCUT2D eigenvalue weighted by Crippen LogP contribution is -1.87. The van der Waals surface area contributed by atoms with E-state index in [9.17, 15) is 8.78 Å². The molecule has 0 aliphatic rings. The number of aromatic amines is 1. The van der Waals surface area contributed by atoms with E-state index in [1.54, 1.807) is 0 Å². The fourth-order valence-corrected chi connectivity index (χ4v) is 2.48. The van der Waals surface area contributed by atoms with Gasteiger partial charge in [-0.05, 0) is 40.2 Å². The zero-order valence-electron chi connectivity index (χ0n) is 9.18. The van der Waals surface area contributed by atoms with Crippen LogP contribution in [-0.2, 0) is 0 Å². The van der Waals surface area contributed by atoms with Crippen molar-refractivity contribution < 1.29 is 8.78 Å². The van der Waals surface area contributed by atoms with E-state index in [2.05, 4.69) is 20.9 Å². The van der Waals surface area contributed by atoms with Gasteiger partial charge in [-0.15, -0.1) is 0 Å². The summed E-state index contributed by atoms with van der Waals surface area (Å²) in [4.78, 5) is 3.18. The van der Waals surface area contributed by atoms with Crippen LogP contribution in [0, 0.1) is 11.6 Å². The first-order valence-corrected chi connectivity index (χ1v) is 6.17. The molecule has 0 amide bonds. The molecule has 0 spiro atoms. The molecule has 0 aliphatic carbocycles. The third-order valence-electron chi connectivity index (χ3n) is 2.83. The first-order valence-electron chi connectivity index (χ1n) is 5.38. The topological polar surface area (TPSA) is 15.8 Å². The maximum absolute atomic E-state index is 13.3. The van der Waals surface area contributed by atoms with E-state index in [0.717, 1.165) is 22.7 Å². The quantitative estimate of drug-likeness (QED) is 0.617. The molecule has 0 radical (unpaired) electrons. The molecule has 2 aromatic carbocycles. The number of nitrogens with one attached hydrogen (secondary N) is 1. The minimum Gasteiger partial charge on any atom is -0.354 e. The van der Waals surface area contributed by atoms with Crippen LogP contribution in [0.4, 0.5) is 8.78 Å². The van der Waals surface area contributed by atoms with Gasteiger partial charge in [-0.1, -0.05) is 18.2 Å². The van der Waals surface area contributed by atoms with Crippen molar-refractivity contribution in [2.75, 3.05) is 0 Å². The SMILES string of the molecule is Fc1cc(Br)c(-c2cc3ccccc3[nH]2)cc1F. The molecule has 3 rings (SSSR count). The van der Waals surface area contributed by atoms with Crippen LogP contribution in [0.2, 0.25) is 0 Å². The lowest BCUT2D eigenvalue weighted by atomic mass is 10.1. The van der Waals surface area contributed by atoms with Crippen LogP contribution in [0.5, 0.6) is 0 Å². The zero-order chi connectivity index (χ0) is 12.7. The van der Waals surface area contributed by atoms with E-state index >= 15 is 0 Å². The van der Waals surface area contributed by atoms with Crippen LogP contribution >= 0.6 is 15.9 Å². The van der Waals surface area contributed by atoms with Crippen molar-refractivity contribution >= 4 is 26.8 Å². The predicted octanol–water partition coefficient (Wildman–Crippen LogP) is 4.88. The van der Waals surface area contributed by atoms with E-state index in [4.69, 9.17) is 0 Å². The van der Waals surface area contributed by atoms with E-state index in [1.165, 1.54) is 6.07 Å². The Kier molecular flexibility index (Phi) is 2.67. The number of H-pyrrole nitrogens is 1. The Hall–Kier alpha value is -1.68. The fraction of sp³-hybridized carbons (Fsp3) is 0. The molecule has 1 nitrogen and oxygen atoms in total. The number of benzene rings is 2. The van der Waals surface area contributed by atoms with Crippen LogP contribution < -0.4 is 0 Å². The van der Waals surface area contributed by atoms with Crippen molar-refractivity contribution in [3.05, 3.63) is 58.6 Å². The van der Waals surface area contributed by atoms with E-state index in [0.29, 0.717) is 10.0 Å². The molecule has 0 fully saturated rings. The molecule has 0 atom stereocenters. The summed E-state index contributed by atoms with van der Waals surface area (Å²) in [6.45, 7) is 0. The molecule has 0 saturated carbocycles. The number of halogens is 3. The number of fused-ring (bicyclic) bond motifs is 1. The van der Waals surface area contributed by atoms with Gasteiger partial charge in [0.1, 0.15) is 0 Å². The number of aromatic nitrogens is 1. The van der Waals surface area contributed by atoms with Gasteiger partial charge in [0.2, 0.25) is 0 Å². The largest absolute Gasteiger partial charge is 0.354 e. The van der Waals surface area contributed by atoms with Crippen LogP contribution in [-0.4, -0.2) is 4.98 Å². The third kappa shape index (κ3) is 1.82. The standard InChI is InChI=1S/C14H8BrF2N/c15-10-7-12(17)11(16)6-9(10)14-5-8-3-1-2-4-13(8)18-14/h1-7,18H. The summed E-state index contributed by atoms with van der Waals surface area (Å²) in [5.41, 5.74) is 2.32. The van der Waals surface area contributed by atoms with Gasteiger partial charge in [0.25, 0.3) is 0 Å². The molecule has 0 bridgehead atoms. The van der Waals surface area contributed by atoms with Crippen LogP contribution in [0.3, 0.4) is 0 Å². The van der Waals surface area contributed by atoms with Gasteiger partial charge in [0.15, 0.2) is 11.6 Å². The van der Waals surface area contributed by atoms with Gasteiger partial charge in [-0.3, -0.25) is 0 Å². The van der Waals surface area contributed by atoms with Crippen molar-refractivity contribution in [1.29, 1.82) is 0 Å². The Balaban J connectivity index is 2.22. The molecule has 90 valence electrons. The van der Waals surface area contributed by atoms with E-state index in [1.807, 2.05) is 30.3 Å². The van der Waals surface area contributed by atoms with Crippen molar-refractivity contribution in [1.82, 2.24) is 4.98 Å². The maximum atomic E-state index is 13.3. The van der Waals surface area contributed by atoms with E-state index in [-0.39, 0.29) is 0 Å². The Morgan fingerprint density at radius 3 is 2.44 bits per heavy atom. The normalized spacial score (nSPS) is 11.1. The van der Waals surface area contributed by atoms with E-state index < -0.39 is 11.6 Å². The Morgan fingerprint density at radius 1 is 0.944 bits per heavy atom. The minimum atomic E-state index is -0.860. The second-order valence-corrected chi connectivity index (χ2v) is 4.87. The van der Waals surface area contributed by atoms with Crippen molar-refractivity contribution in [3.63, 3.8) is 0 Å². The van der Waals surface area contributed by atoms with Gasteiger partial charge in [-0.25, -0.2) is 8.78 Å². The lowest BCUT2D eigenvalue weighted by Gasteiger charge is -2.03. The van der Waals surface area contributed by atoms with Gasteiger partial charge in [0.05, 0.1) is 0 Å². The number of hydrogen-bond donors (Lipinski definition) is 1. The molecule has 18 heavy (non-hydrogen) atoms. The smallest absolute Gasteiger partial charge is 0.159 e. The summed E-state index contributed by atoms with van der Waals surface area (Å²) >= 11 is 3.25. The van der Waals surface area contributed by atoms with Crippen LogP contribution in [0.25, 0.3) is 22.2 Å². The first kappa shape index (κ1) is 11.4. The Labute approximate surface area is 111 Å². The Bertz CT molecular complexity index is 701. The fourth-order valence-electron chi connectivity index (χ4n) is 1.95. The average Bonchev–Trinajstić information content (AvgIpc) is 2.77. The summed E-state index contributed by atoms with van der Waals surface area (Å²) in [5, 5.41) is 1.03. The highest BCUT2D eigenvalue weighted by Gasteiger charge is 2.11. The van der Waals surface area contributed by atoms with Gasteiger partial charge in [0, 0.05) is 26.6 Å². The molecular weight excluding hydrogens is 300 g/mol. The number of para-hydroxylation sites is 1. The molecule has 0 aliphatic heterocycles. The summed E-state index contributed by atoms with van der Waals surface area (Å²) in [6, 6.07) is 12.0. The molecule has 1 N–H and O–H groups in total. The second-order valence-electron chi connectivity index (χ2n) is 4.02. The number of hydrogen-bond acceptors (Lipinski definition) is 0. The first-order chi connectivity index (χ1) is 8.65. The van der Waals surface area contributed by atoms with Gasteiger partial charge >= 0.3 is 0 Å². The molecule has 1 aromatic heterocycles. The highest BCUT2D eigenvalue weighted by Crippen LogP contribution is 2.31. The lowest BCUT2D eigenvalue weighted by molar-refractivity contribution is 0.508. The van der Waals surface area contributed by atoms with Gasteiger partial charge in [-0.2, -0.15) is 0 Å². The predicted molar refractivity (Wildman–Crippen MR) is 71.4 cm³/mol. The van der Waals surface area contributed by atoms with Gasteiger partial charge < -0.3 is 4.98 Å². The number of rotatable bonds is 1. The van der Waals surface area contributed by atoms with Crippen LogP contribution in [0.1, 0.15) is 0 Å². The molecule has 0 unspecified atom stereocenters. The molecule has 1 heterocycles. The molecule has 4 heteroatoms. The molecular formula is C14H8BrF2N. The minimum absolute atomic E-state index is 0.521. The monoisotopic (exact) mass is 307 g/mol. The zero-order valence-corrected chi connectivity index (χ0v) is 10.8. The van der Waals surface area contributed by atoms with Crippen molar-refractivity contribution in [2.24, 2.45) is 0 Å². The molecule has 3 aromatic rings. The highest BCUT2D eigenvalue weighted by molar-refractivity contribution is 9.10.